The molecule has 31 heavy (non-hydrogen) atoms. The van der Waals surface area contributed by atoms with Gasteiger partial charge in [0.25, 0.3) is 0 Å². The topological polar surface area (TPSA) is 61.8 Å². The number of carbonyl (C=O) groups excluding carboxylic acids is 1. The quantitative estimate of drug-likeness (QED) is 0.565. The summed E-state index contributed by atoms with van der Waals surface area (Å²) in [4.78, 5) is 15.2. The van der Waals surface area contributed by atoms with E-state index in [-0.39, 0.29) is 17.9 Å². The van der Waals surface area contributed by atoms with Crippen LogP contribution in [0, 0.1) is 11.8 Å². The van der Waals surface area contributed by atoms with Crippen LogP contribution < -0.4 is 10.1 Å². The second-order valence-corrected chi connectivity index (χ2v) is 9.61. The molecular weight excluding hydrogens is 388 g/mol. The van der Waals surface area contributed by atoms with Gasteiger partial charge in [0, 0.05) is 25.0 Å². The molecular formula is C26H42N2O3. The number of hydrogen-bond acceptors (Lipinski definition) is 4. The van der Waals surface area contributed by atoms with E-state index in [0.717, 1.165) is 57.4 Å². The van der Waals surface area contributed by atoms with Crippen LogP contribution in [0.15, 0.2) is 24.3 Å². The van der Waals surface area contributed by atoms with Crippen molar-refractivity contribution in [3.63, 3.8) is 0 Å². The number of nitrogens with one attached hydrogen (secondary N) is 1. The Labute approximate surface area is 188 Å². The molecule has 4 atom stereocenters. The summed E-state index contributed by atoms with van der Waals surface area (Å²) in [5, 5.41) is 14.6. The van der Waals surface area contributed by atoms with Crippen LogP contribution >= 0.6 is 0 Å². The molecule has 1 saturated heterocycles. The predicted octanol–water partition coefficient (Wildman–Crippen LogP) is 4.70. The van der Waals surface area contributed by atoms with Crippen molar-refractivity contribution in [2.24, 2.45) is 11.8 Å². The summed E-state index contributed by atoms with van der Waals surface area (Å²) in [6.07, 6.45) is 9.60. The number of methoxy groups -OCH3 is 1. The molecule has 5 heteroatoms. The Morgan fingerprint density at radius 2 is 2.03 bits per heavy atom. The van der Waals surface area contributed by atoms with E-state index in [1.807, 2.05) is 12.1 Å². The van der Waals surface area contributed by atoms with Crippen molar-refractivity contribution >= 4 is 5.91 Å². The first-order chi connectivity index (χ1) is 15.0. The molecule has 0 radical (unpaired) electrons. The van der Waals surface area contributed by atoms with Crippen LogP contribution in [-0.4, -0.2) is 48.3 Å². The number of fused-ring (bicyclic) bond motifs is 1. The summed E-state index contributed by atoms with van der Waals surface area (Å²) in [5.41, 5.74) is 0.566. The number of ether oxygens (including phenoxy) is 1. The van der Waals surface area contributed by atoms with Crippen LogP contribution in [0.1, 0.15) is 83.2 Å². The third-order valence-corrected chi connectivity index (χ3v) is 7.61. The Morgan fingerprint density at radius 3 is 2.71 bits per heavy atom. The zero-order chi connectivity index (χ0) is 22.3. The minimum Gasteiger partial charge on any atom is -0.497 e. The summed E-state index contributed by atoms with van der Waals surface area (Å²) in [5.74, 6) is 1.67. The first-order valence-electron chi connectivity index (χ1n) is 12.4. The highest BCUT2D eigenvalue weighted by atomic mass is 16.5. The zero-order valence-corrected chi connectivity index (χ0v) is 19.7. The van der Waals surface area contributed by atoms with Crippen LogP contribution in [0.5, 0.6) is 5.75 Å². The second-order valence-electron chi connectivity index (χ2n) is 9.61. The van der Waals surface area contributed by atoms with Gasteiger partial charge >= 0.3 is 0 Å². The predicted molar refractivity (Wildman–Crippen MR) is 125 cm³/mol. The van der Waals surface area contributed by atoms with Crippen molar-refractivity contribution in [3.05, 3.63) is 29.8 Å². The molecule has 0 spiro atoms. The van der Waals surface area contributed by atoms with Gasteiger partial charge in [-0.1, -0.05) is 58.1 Å². The molecule has 174 valence electrons. The van der Waals surface area contributed by atoms with Crippen LogP contribution in [0.25, 0.3) is 0 Å². The average Bonchev–Trinajstić information content (AvgIpc) is 2.79. The molecule has 1 saturated carbocycles. The number of rotatable bonds is 10. The lowest BCUT2D eigenvalue weighted by atomic mass is 9.66. The molecule has 1 aliphatic carbocycles. The number of carbonyl (C=O) groups is 1. The molecule has 1 aliphatic heterocycles. The highest BCUT2D eigenvalue weighted by molar-refractivity contribution is 5.78. The van der Waals surface area contributed by atoms with E-state index in [1.165, 1.54) is 24.8 Å². The van der Waals surface area contributed by atoms with E-state index in [4.69, 9.17) is 4.74 Å². The fourth-order valence-corrected chi connectivity index (χ4v) is 5.61. The van der Waals surface area contributed by atoms with Crippen LogP contribution in [0.2, 0.25) is 0 Å². The minimum absolute atomic E-state index is 0.0674. The smallest absolute Gasteiger partial charge is 0.234 e. The van der Waals surface area contributed by atoms with E-state index in [0.29, 0.717) is 12.5 Å². The number of piperidine rings is 1. The molecule has 3 rings (SSSR count). The Kier molecular flexibility index (Phi) is 8.79. The van der Waals surface area contributed by atoms with Crippen molar-refractivity contribution in [2.45, 2.75) is 83.3 Å². The molecule has 0 bridgehead atoms. The summed E-state index contributed by atoms with van der Waals surface area (Å²) in [6, 6.07) is 8.25. The molecule has 2 aliphatic rings. The Hall–Kier alpha value is -1.59. The molecule has 5 nitrogen and oxygen atoms in total. The number of likely N-dealkylation sites (tertiary alicyclic amines) is 1. The number of benzene rings is 1. The van der Waals surface area contributed by atoms with E-state index in [1.54, 1.807) is 7.11 Å². The number of amides is 1. The lowest BCUT2D eigenvalue weighted by Crippen LogP contribution is -2.56. The molecule has 2 N–H and O–H groups in total. The molecule has 2 fully saturated rings. The van der Waals surface area contributed by atoms with Gasteiger partial charge in [-0.25, -0.2) is 0 Å². The van der Waals surface area contributed by atoms with E-state index in [2.05, 4.69) is 36.2 Å². The first-order valence-corrected chi connectivity index (χ1v) is 12.4. The van der Waals surface area contributed by atoms with Crippen LogP contribution in [0.4, 0.5) is 0 Å². The van der Waals surface area contributed by atoms with Gasteiger partial charge in [-0.2, -0.15) is 0 Å². The Balaban J connectivity index is 1.71. The number of nitrogens with zero attached hydrogens (tertiary/aromatic N) is 1. The third-order valence-electron chi connectivity index (χ3n) is 7.61. The highest BCUT2D eigenvalue weighted by Crippen LogP contribution is 2.49. The molecule has 0 unspecified atom stereocenters. The Morgan fingerprint density at radius 1 is 1.26 bits per heavy atom. The van der Waals surface area contributed by atoms with Gasteiger partial charge in [0.05, 0.1) is 19.3 Å². The van der Waals surface area contributed by atoms with E-state index in [9.17, 15) is 9.90 Å². The van der Waals surface area contributed by atoms with Crippen LogP contribution in [0.3, 0.4) is 0 Å². The molecule has 1 aromatic carbocycles. The Bertz CT molecular complexity index is 692. The van der Waals surface area contributed by atoms with Gasteiger partial charge in [0.1, 0.15) is 5.75 Å². The van der Waals surface area contributed by atoms with E-state index >= 15 is 0 Å². The van der Waals surface area contributed by atoms with Gasteiger partial charge in [0.2, 0.25) is 5.91 Å². The van der Waals surface area contributed by atoms with Gasteiger partial charge in [-0.3, -0.25) is 9.69 Å². The maximum Gasteiger partial charge on any atom is 0.234 e. The van der Waals surface area contributed by atoms with Crippen LogP contribution in [-0.2, 0) is 4.79 Å². The fourth-order valence-electron chi connectivity index (χ4n) is 5.61. The summed E-state index contributed by atoms with van der Waals surface area (Å²) >= 11 is 0. The minimum atomic E-state index is -0.608. The van der Waals surface area contributed by atoms with Gasteiger partial charge in [-0.05, 0) is 49.3 Å². The van der Waals surface area contributed by atoms with Crippen molar-refractivity contribution in [1.29, 1.82) is 0 Å². The van der Waals surface area contributed by atoms with Crippen molar-refractivity contribution in [2.75, 3.05) is 26.7 Å². The van der Waals surface area contributed by atoms with Gasteiger partial charge < -0.3 is 15.2 Å². The number of aliphatic hydroxyl groups is 1. The normalized spacial score (nSPS) is 27.4. The van der Waals surface area contributed by atoms with Crippen molar-refractivity contribution in [3.8, 4) is 5.75 Å². The zero-order valence-electron chi connectivity index (χ0n) is 19.7. The highest BCUT2D eigenvalue weighted by Gasteiger charge is 2.49. The standard InChI is InChI=1S/C26H42N2O3/c1-4-6-9-20(5-2)18-27-24(29)19-28-17-16-26(30)15-8-7-10-23(26)25(28)21-11-13-22(31-3)14-12-21/h11-14,20,23,25,30H,4-10,15-19H2,1-3H3,(H,27,29)/t20-,23+,25+,26+/m1/s1. The average molecular weight is 431 g/mol. The lowest BCUT2D eigenvalue weighted by molar-refractivity contribution is -0.138. The summed E-state index contributed by atoms with van der Waals surface area (Å²) < 4.78 is 5.34. The second kappa shape index (κ2) is 11.3. The number of hydrogen-bond donors (Lipinski definition) is 2. The molecule has 1 heterocycles. The summed E-state index contributed by atoms with van der Waals surface area (Å²) in [7, 11) is 1.68. The molecule has 1 amide bonds. The summed E-state index contributed by atoms with van der Waals surface area (Å²) in [6.45, 7) is 6.34. The lowest BCUT2D eigenvalue weighted by Gasteiger charge is -2.52. The largest absolute Gasteiger partial charge is 0.497 e. The van der Waals surface area contributed by atoms with Crippen molar-refractivity contribution in [1.82, 2.24) is 10.2 Å². The van der Waals surface area contributed by atoms with Gasteiger partial charge in [-0.15, -0.1) is 0 Å². The molecule has 1 aromatic rings. The SMILES string of the molecule is CCCC[C@@H](CC)CNC(=O)CN1CC[C@@]2(O)CCCC[C@H]2[C@@H]1c1ccc(OC)cc1. The van der Waals surface area contributed by atoms with E-state index < -0.39 is 5.60 Å². The number of unbranched alkanes of at least 4 members (excludes halogenated alkanes) is 1. The third kappa shape index (κ3) is 6.01. The first kappa shape index (κ1) is 24.1. The molecule has 0 aromatic heterocycles. The maximum atomic E-state index is 12.9. The van der Waals surface area contributed by atoms with Crippen molar-refractivity contribution < 1.29 is 14.6 Å². The monoisotopic (exact) mass is 430 g/mol. The fraction of sp³-hybridized carbons (Fsp3) is 0.731. The maximum absolute atomic E-state index is 12.9. The van der Waals surface area contributed by atoms with Gasteiger partial charge in [0.15, 0.2) is 0 Å².